The van der Waals surface area contributed by atoms with Crippen LogP contribution in [0.15, 0.2) is 0 Å². The van der Waals surface area contributed by atoms with E-state index >= 15 is 0 Å². The predicted octanol–water partition coefficient (Wildman–Crippen LogP) is 5.28. The molecule has 0 radical (unpaired) electrons. The van der Waals surface area contributed by atoms with Gasteiger partial charge in [-0.1, -0.05) is 21.3 Å². The average Bonchev–Trinajstić information content (AvgIpc) is 2.68. The van der Waals surface area contributed by atoms with Crippen molar-refractivity contribution in [2.45, 2.75) is 114 Å². The summed E-state index contributed by atoms with van der Waals surface area (Å²) < 4.78 is 0. The Kier molecular flexibility index (Phi) is 14.0. The van der Waals surface area contributed by atoms with E-state index in [0.29, 0.717) is 5.41 Å². The van der Waals surface area contributed by atoms with Crippen LogP contribution in [0.25, 0.3) is 0 Å². The molecule has 3 fully saturated rings. The zero-order chi connectivity index (χ0) is 22.2. The summed E-state index contributed by atoms with van der Waals surface area (Å²) in [6, 6.07) is 2.93. The Labute approximate surface area is 191 Å². The summed E-state index contributed by atoms with van der Waals surface area (Å²) in [7, 11) is 0. The lowest BCUT2D eigenvalue weighted by molar-refractivity contribution is -0.0662. The molecular weight excluding hydrogens is 368 g/mol. The summed E-state index contributed by atoms with van der Waals surface area (Å²) in [4.78, 5) is 10.4. The molecule has 4 heteroatoms. The normalized spacial score (nSPS) is 23.0. The number of piperazine rings is 1. The first-order valence-electron chi connectivity index (χ1n) is 12.6. The van der Waals surface area contributed by atoms with Crippen LogP contribution < -0.4 is 0 Å². The third-order valence-corrected chi connectivity index (χ3v) is 7.21. The number of likely N-dealkylation sites (tertiary alicyclic amines) is 2. The van der Waals surface area contributed by atoms with Gasteiger partial charge in [-0.2, -0.15) is 0 Å². The topological polar surface area (TPSA) is 13.0 Å². The van der Waals surface area contributed by atoms with Gasteiger partial charge in [-0.05, 0) is 86.7 Å². The molecule has 3 heterocycles. The average molecular weight is 427 g/mol. The van der Waals surface area contributed by atoms with E-state index in [0.717, 1.165) is 24.2 Å². The van der Waals surface area contributed by atoms with Gasteiger partial charge in [0.1, 0.15) is 0 Å². The second-order valence-corrected chi connectivity index (χ2v) is 10.4. The Morgan fingerprint density at radius 3 is 1.00 bits per heavy atom. The highest BCUT2D eigenvalue weighted by molar-refractivity contribution is 4.99. The zero-order valence-corrected chi connectivity index (χ0v) is 21.7. The van der Waals surface area contributed by atoms with E-state index in [1.165, 1.54) is 65.2 Å². The number of hydrogen-bond donors (Lipinski definition) is 0. The molecule has 0 aromatic heterocycles. The van der Waals surface area contributed by atoms with Crippen molar-refractivity contribution in [3.63, 3.8) is 0 Å². The van der Waals surface area contributed by atoms with E-state index in [9.17, 15) is 0 Å². The van der Waals surface area contributed by atoms with E-state index in [1.807, 2.05) is 13.8 Å². The first kappa shape index (κ1) is 29.8. The van der Waals surface area contributed by atoms with Crippen LogP contribution >= 0.6 is 0 Å². The van der Waals surface area contributed by atoms with Crippen molar-refractivity contribution in [2.24, 2.45) is 5.41 Å². The lowest BCUT2D eigenvalue weighted by atomic mass is 9.71. The molecule has 0 saturated carbocycles. The highest BCUT2D eigenvalue weighted by atomic mass is 15.3. The minimum absolute atomic E-state index is 0. The van der Waals surface area contributed by atoms with Gasteiger partial charge in [-0.25, -0.2) is 0 Å². The van der Waals surface area contributed by atoms with E-state index in [2.05, 4.69) is 75.0 Å². The van der Waals surface area contributed by atoms with E-state index in [4.69, 9.17) is 0 Å². The fourth-order valence-corrected chi connectivity index (χ4v) is 4.78. The number of piperidine rings is 1. The summed E-state index contributed by atoms with van der Waals surface area (Å²) in [5, 5.41) is 0. The molecule has 0 aromatic carbocycles. The zero-order valence-electron chi connectivity index (χ0n) is 21.7. The number of nitrogens with zero attached hydrogens (tertiary/aromatic N) is 4. The van der Waals surface area contributed by atoms with Gasteiger partial charge in [0.05, 0.1) is 0 Å². The lowest BCUT2D eigenvalue weighted by Crippen LogP contribution is -2.62. The van der Waals surface area contributed by atoms with Crippen LogP contribution in [0.2, 0.25) is 0 Å². The van der Waals surface area contributed by atoms with Gasteiger partial charge in [-0.15, -0.1) is 0 Å². The van der Waals surface area contributed by atoms with E-state index in [-0.39, 0.29) is 7.43 Å². The maximum absolute atomic E-state index is 2.63. The molecule has 3 aliphatic heterocycles. The van der Waals surface area contributed by atoms with Crippen molar-refractivity contribution in [3.05, 3.63) is 0 Å². The Morgan fingerprint density at radius 2 is 0.733 bits per heavy atom. The monoisotopic (exact) mass is 426 g/mol. The first-order valence-corrected chi connectivity index (χ1v) is 12.6. The molecular formula is C26H58N4. The molecule has 3 saturated heterocycles. The Balaban J connectivity index is 0.000000513. The van der Waals surface area contributed by atoms with Crippen LogP contribution in [0.1, 0.15) is 89.5 Å². The second-order valence-electron chi connectivity index (χ2n) is 10.4. The van der Waals surface area contributed by atoms with Gasteiger partial charge >= 0.3 is 0 Å². The summed E-state index contributed by atoms with van der Waals surface area (Å²) in [5.74, 6) is 0. The molecule has 0 bridgehead atoms. The van der Waals surface area contributed by atoms with Gasteiger partial charge in [0.25, 0.3) is 0 Å². The van der Waals surface area contributed by atoms with Crippen LogP contribution in [-0.2, 0) is 0 Å². The molecule has 4 nitrogen and oxygen atoms in total. The highest BCUT2D eigenvalue weighted by Gasteiger charge is 2.45. The molecule has 0 amide bonds. The van der Waals surface area contributed by atoms with Gasteiger partial charge in [-0.3, -0.25) is 14.7 Å². The maximum Gasteiger partial charge on any atom is 0.0113 e. The largest absolute Gasteiger partial charge is 0.301 e. The molecule has 0 N–H and O–H groups in total. The molecule has 30 heavy (non-hydrogen) atoms. The maximum atomic E-state index is 2.63. The van der Waals surface area contributed by atoms with Crippen molar-refractivity contribution < 1.29 is 0 Å². The smallest absolute Gasteiger partial charge is 0.0113 e. The third-order valence-electron chi connectivity index (χ3n) is 7.21. The van der Waals surface area contributed by atoms with Gasteiger partial charge in [0, 0.05) is 63.4 Å². The SMILES string of the molecule is C.CC.CC(C)N1CCC2(CC1)CN(C(C)C)C2.CC(C)N1CCN(C(C)C)CC1. The Morgan fingerprint density at radius 1 is 0.467 bits per heavy atom. The minimum Gasteiger partial charge on any atom is -0.301 e. The first-order chi connectivity index (χ1) is 13.6. The van der Waals surface area contributed by atoms with Gasteiger partial charge < -0.3 is 4.90 Å². The van der Waals surface area contributed by atoms with Gasteiger partial charge in [0.2, 0.25) is 0 Å². The fraction of sp³-hybridized carbons (Fsp3) is 1.00. The predicted molar refractivity (Wildman–Crippen MR) is 137 cm³/mol. The summed E-state index contributed by atoms with van der Waals surface area (Å²) >= 11 is 0. The van der Waals surface area contributed by atoms with E-state index < -0.39 is 0 Å². The second kappa shape index (κ2) is 14.1. The molecule has 1 spiro atoms. The van der Waals surface area contributed by atoms with Crippen molar-refractivity contribution in [1.82, 2.24) is 19.6 Å². The van der Waals surface area contributed by atoms with Crippen molar-refractivity contribution in [2.75, 3.05) is 52.4 Å². The number of hydrogen-bond acceptors (Lipinski definition) is 4. The van der Waals surface area contributed by atoms with Crippen molar-refractivity contribution in [1.29, 1.82) is 0 Å². The van der Waals surface area contributed by atoms with Crippen molar-refractivity contribution >= 4 is 0 Å². The molecule has 0 aliphatic carbocycles. The molecule has 0 unspecified atom stereocenters. The summed E-state index contributed by atoms with van der Waals surface area (Å²) in [6.07, 6.45) is 2.85. The molecule has 182 valence electrons. The van der Waals surface area contributed by atoms with Crippen LogP contribution in [0.3, 0.4) is 0 Å². The lowest BCUT2D eigenvalue weighted by Gasteiger charge is -2.56. The molecule has 0 aromatic rings. The van der Waals surface area contributed by atoms with Crippen LogP contribution in [0, 0.1) is 5.41 Å². The highest BCUT2D eigenvalue weighted by Crippen LogP contribution is 2.41. The van der Waals surface area contributed by atoms with E-state index in [1.54, 1.807) is 0 Å². The third kappa shape index (κ3) is 8.76. The van der Waals surface area contributed by atoms with Crippen LogP contribution in [0.5, 0.6) is 0 Å². The van der Waals surface area contributed by atoms with Crippen molar-refractivity contribution in [3.8, 4) is 0 Å². The Hall–Kier alpha value is -0.160. The Bertz CT molecular complexity index is 393. The van der Waals surface area contributed by atoms with Crippen LogP contribution in [-0.4, -0.2) is 96.1 Å². The summed E-state index contributed by atoms with van der Waals surface area (Å²) in [6.45, 7) is 32.7. The molecule has 3 aliphatic rings. The van der Waals surface area contributed by atoms with Gasteiger partial charge in [0.15, 0.2) is 0 Å². The molecule has 0 atom stereocenters. The molecule has 3 rings (SSSR count). The fourth-order valence-electron chi connectivity index (χ4n) is 4.78. The van der Waals surface area contributed by atoms with Crippen LogP contribution in [0.4, 0.5) is 0 Å². The summed E-state index contributed by atoms with van der Waals surface area (Å²) in [5.41, 5.74) is 0.704. The minimum atomic E-state index is 0. The standard InChI is InChI=1S/C13H26N2.C10H22N2.C2H6.CH4/c1-11(2)14-7-5-13(6-8-14)9-15(10-13)12(3)4;1-9(2)11-5-7-12(8-6-11)10(3)4;1-2;/h11-12H,5-10H2,1-4H3;9-10H,5-8H2,1-4H3;1-2H3;1H4. The quantitative estimate of drug-likeness (QED) is 0.606. The number of rotatable bonds is 4.